The van der Waals surface area contributed by atoms with E-state index < -0.39 is 0 Å². The van der Waals surface area contributed by atoms with Crippen LogP contribution in [0.2, 0.25) is 0 Å². The van der Waals surface area contributed by atoms with Crippen molar-refractivity contribution in [2.24, 2.45) is 0 Å². The first-order chi connectivity index (χ1) is 2.00. The molecule has 0 saturated carbocycles. The molecule has 0 rings (SSSR count). The van der Waals surface area contributed by atoms with E-state index in [1.807, 2.05) is 0 Å². The summed E-state index contributed by atoms with van der Waals surface area (Å²) >= 11 is 1.91. The summed E-state index contributed by atoms with van der Waals surface area (Å²) in [4.78, 5) is 0. The fourth-order valence-corrected chi connectivity index (χ4v) is 0. The summed E-state index contributed by atoms with van der Waals surface area (Å²) in [6, 6.07) is 0. The Morgan fingerprint density at radius 1 is 0.800 bits per heavy atom. The molecule has 0 N–H and O–H groups in total. The van der Waals surface area contributed by atoms with Gasteiger partial charge in [0.1, 0.15) is 0 Å². The van der Waals surface area contributed by atoms with Crippen LogP contribution in [0.15, 0.2) is 0 Å². The minimum atomic E-state index is 0. The third-order valence-corrected chi connectivity index (χ3v) is 0. The van der Waals surface area contributed by atoms with Crippen molar-refractivity contribution in [2.45, 2.75) is 0 Å². The summed E-state index contributed by atoms with van der Waals surface area (Å²) in [7, 11) is 0. The molecule has 0 spiro atoms. The van der Waals surface area contributed by atoms with Crippen molar-refractivity contribution in [1.82, 2.24) is 0 Å². The Morgan fingerprint density at radius 2 is 0.800 bits per heavy atom. The SMILES string of the molecule is [Cd].[PH]=[Cd].[PH]=[Cd]. The van der Waals surface area contributed by atoms with Gasteiger partial charge in [-0.25, -0.2) is 0 Å². The van der Waals surface area contributed by atoms with Crippen LogP contribution in [0.1, 0.15) is 0 Å². The molecule has 0 aliphatic carbocycles. The van der Waals surface area contributed by atoms with Crippen molar-refractivity contribution < 1.29 is 76.6 Å². The Balaban J connectivity index is -0.0000000133. The number of hydrogen-bond acceptors (Lipinski definition) is 0. The van der Waals surface area contributed by atoms with E-state index in [0.717, 1.165) is 49.3 Å². The molecule has 0 aliphatic rings. The molecular weight excluding hydrogens is 399 g/mol. The predicted molar refractivity (Wildman–Crippen MR) is 16.6 cm³/mol. The van der Waals surface area contributed by atoms with Gasteiger partial charge in [0.15, 0.2) is 0 Å². The molecule has 0 fully saturated rings. The zero-order chi connectivity index (χ0) is 4.00. The van der Waals surface area contributed by atoms with Crippen LogP contribution < -0.4 is 0 Å². The first kappa shape index (κ1) is 15.8. The molecule has 0 saturated heterocycles. The Hall–Kier alpha value is 3.37. The molecule has 0 bridgehead atoms. The maximum absolute atomic E-state index is 3.14. The van der Waals surface area contributed by atoms with Crippen LogP contribution in [0.3, 0.4) is 0 Å². The fraction of sp³-hybridized carbons (Fsp3) is 0. The standard InChI is InChI=1S/3Cd.2HP/h;;;2*1H. The number of rotatable bonds is 0. The molecule has 0 nitrogen and oxygen atoms in total. The van der Waals surface area contributed by atoms with E-state index in [-0.39, 0.29) is 27.3 Å². The van der Waals surface area contributed by atoms with Crippen LogP contribution in [0.5, 0.6) is 0 Å². The molecule has 0 radical (unpaired) electrons. The fourth-order valence-electron chi connectivity index (χ4n) is 0. The third-order valence-electron chi connectivity index (χ3n) is 0. The summed E-state index contributed by atoms with van der Waals surface area (Å²) in [5, 5.41) is 0. The topological polar surface area (TPSA) is 0 Å². The van der Waals surface area contributed by atoms with E-state index >= 15 is 0 Å². The molecular formula is H2Cd3P2. The molecule has 5 heteroatoms. The first-order valence-electron chi connectivity index (χ1n) is 0.707. The van der Waals surface area contributed by atoms with Gasteiger partial charge in [-0.3, -0.25) is 0 Å². The molecule has 18 valence electrons. The van der Waals surface area contributed by atoms with E-state index in [0.29, 0.717) is 0 Å². The Morgan fingerprint density at radius 3 is 0.800 bits per heavy atom. The Bertz CT molecular complexity index is 6.85. The molecule has 0 aromatic rings. The van der Waals surface area contributed by atoms with Crippen LogP contribution in [0.25, 0.3) is 0 Å². The molecule has 5 heavy (non-hydrogen) atoms. The van der Waals surface area contributed by atoms with Crippen LogP contribution >= 0.6 is 11.8 Å². The molecule has 0 aromatic heterocycles. The van der Waals surface area contributed by atoms with Gasteiger partial charge in [0.2, 0.25) is 0 Å². The second-order valence-corrected chi connectivity index (χ2v) is 0. The van der Waals surface area contributed by atoms with Gasteiger partial charge in [-0.15, -0.1) is 0 Å². The molecule has 0 amide bonds. The van der Waals surface area contributed by atoms with E-state index in [1.165, 1.54) is 0 Å². The zero-order valence-electron chi connectivity index (χ0n) is 3.12. The van der Waals surface area contributed by atoms with Crippen LogP contribution in [-0.4, -0.2) is 0 Å². The van der Waals surface area contributed by atoms with Gasteiger partial charge in [-0.05, 0) is 0 Å². The van der Waals surface area contributed by atoms with Gasteiger partial charge in [-0.2, -0.15) is 0 Å². The van der Waals surface area contributed by atoms with E-state index in [4.69, 9.17) is 0 Å². The van der Waals surface area contributed by atoms with Crippen molar-refractivity contribution in [3.8, 4) is 0 Å². The van der Waals surface area contributed by atoms with Gasteiger partial charge < -0.3 is 0 Å². The van der Waals surface area contributed by atoms with Gasteiger partial charge in [-0.1, -0.05) is 0 Å². The Labute approximate surface area is 86.4 Å². The van der Waals surface area contributed by atoms with Crippen molar-refractivity contribution in [2.75, 3.05) is 0 Å². The average molecular weight is 401 g/mol. The third kappa shape index (κ3) is 18.7. The van der Waals surface area contributed by atoms with E-state index in [9.17, 15) is 0 Å². The van der Waals surface area contributed by atoms with E-state index in [1.54, 1.807) is 0 Å². The normalized spacial score (nSPS) is 2.40. The summed E-state index contributed by atoms with van der Waals surface area (Å²) in [6.45, 7) is 0. The van der Waals surface area contributed by atoms with Crippen LogP contribution in [0.4, 0.5) is 0 Å². The first-order valence-corrected chi connectivity index (χ1v) is 14.2. The van der Waals surface area contributed by atoms with Gasteiger partial charge in [0.05, 0.1) is 0 Å². The molecule has 0 unspecified atom stereocenters. The predicted octanol–water partition coefficient (Wildman–Crippen LogP) is 1.18. The van der Waals surface area contributed by atoms with Crippen LogP contribution in [0, 0.1) is 0 Å². The Kier molecular flexibility index (Phi) is 83.1. The van der Waals surface area contributed by atoms with Crippen molar-refractivity contribution >= 4 is 11.8 Å². The second kappa shape index (κ2) is 26.3. The minimum absolute atomic E-state index is 0. The van der Waals surface area contributed by atoms with Crippen LogP contribution in [-0.2, 0) is 76.6 Å². The van der Waals surface area contributed by atoms with Crippen molar-refractivity contribution in [3.05, 3.63) is 0 Å². The monoisotopic (exact) mass is 406 g/mol. The van der Waals surface area contributed by atoms with Gasteiger partial charge >= 0.3 is 61.0 Å². The zero-order valence-corrected chi connectivity index (χ0v) is 17.2. The summed E-state index contributed by atoms with van der Waals surface area (Å²) < 4.78 is 0. The van der Waals surface area contributed by atoms with Crippen molar-refractivity contribution in [1.29, 1.82) is 0 Å². The molecule has 0 atom stereocenters. The summed E-state index contributed by atoms with van der Waals surface area (Å²) in [6.07, 6.45) is 0. The molecule has 0 aliphatic heterocycles. The van der Waals surface area contributed by atoms with Gasteiger partial charge in [0.25, 0.3) is 0 Å². The maximum atomic E-state index is 3.14. The van der Waals surface area contributed by atoms with E-state index in [2.05, 4.69) is 11.8 Å². The van der Waals surface area contributed by atoms with Gasteiger partial charge in [0, 0.05) is 27.3 Å². The molecule has 0 aromatic carbocycles. The quantitative estimate of drug-likeness (QED) is 0.423. The molecule has 0 heterocycles. The second-order valence-electron chi connectivity index (χ2n) is 0. The van der Waals surface area contributed by atoms with Crippen molar-refractivity contribution in [3.63, 3.8) is 0 Å². The number of hydrogen-bond donors (Lipinski definition) is 0. The summed E-state index contributed by atoms with van der Waals surface area (Å²) in [5.41, 5.74) is 0. The summed E-state index contributed by atoms with van der Waals surface area (Å²) in [5.74, 6) is 6.28. The average Bonchev–Trinajstić information content (AvgIpc) is 1.50.